The highest BCUT2D eigenvalue weighted by Crippen LogP contribution is 2.18. The number of halogens is 1. The van der Waals surface area contributed by atoms with Crippen LogP contribution < -0.4 is 10.1 Å². The Morgan fingerprint density at radius 1 is 1.30 bits per heavy atom. The Morgan fingerprint density at radius 2 is 2.04 bits per heavy atom. The van der Waals surface area contributed by atoms with Gasteiger partial charge in [0.05, 0.1) is 12.2 Å². The van der Waals surface area contributed by atoms with Crippen LogP contribution in [0.25, 0.3) is 0 Å². The van der Waals surface area contributed by atoms with E-state index in [9.17, 15) is 14.3 Å². The molecule has 2 rings (SSSR count). The zero-order valence-corrected chi connectivity index (χ0v) is 13.0. The molecule has 1 atom stereocenters. The molecular weight excluding hydrogens is 299 g/mol. The van der Waals surface area contributed by atoms with E-state index in [1.54, 1.807) is 18.2 Å². The topological polar surface area (TPSA) is 71.5 Å². The van der Waals surface area contributed by atoms with Crippen molar-refractivity contribution in [1.82, 2.24) is 10.3 Å². The number of aliphatic hydroxyl groups is 1. The number of amides is 1. The maximum absolute atomic E-state index is 13.6. The van der Waals surface area contributed by atoms with Gasteiger partial charge in [-0.1, -0.05) is 18.2 Å². The standard InChI is InChI=1S/C17H19FN2O3/c1-11(2)23-15-8-5-9-19-16(15)17(22)20-10-14(21)12-6-3-4-7-13(12)18/h3-9,11,14,21H,10H2,1-2H3,(H,20,22). The van der Waals surface area contributed by atoms with Gasteiger partial charge in [0.2, 0.25) is 0 Å². The van der Waals surface area contributed by atoms with Crippen LogP contribution in [0.1, 0.15) is 36.0 Å². The predicted octanol–water partition coefficient (Wildman–Crippen LogP) is 2.47. The summed E-state index contributed by atoms with van der Waals surface area (Å²) in [6.07, 6.45) is 0.239. The highest BCUT2D eigenvalue weighted by atomic mass is 19.1. The second-order valence-corrected chi connectivity index (χ2v) is 5.26. The van der Waals surface area contributed by atoms with E-state index in [1.807, 2.05) is 13.8 Å². The van der Waals surface area contributed by atoms with E-state index in [1.165, 1.54) is 24.4 Å². The minimum atomic E-state index is -1.14. The van der Waals surface area contributed by atoms with E-state index in [-0.39, 0.29) is 23.9 Å². The summed E-state index contributed by atoms with van der Waals surface area (Å²) in [6.45, 7) is 3.56. The molecule has 1 aromatic heterocycles. The molecular formula is C17H19FN2O3. The highest BCUT2D eigenvalue weighted by molar-refractivity contribution is 5.94. The fraction of sp³-hybridized carbons (Fsp3) is 0.294. The maximum atomic E-state index is 13.6. The van der Waals surface area contributed by atoms with Crippen LogP contribution in [0.15, 0.2) is 42.6 Å². The number of ether oxygens (including phenoxy) is 1. The van der Waals surface area contributed by atoms with Crippen molar-refractivity contribution in [3.8, 4) is 5.75 Å². The lowest BCUT2D eigenvalue weighted by atomic mass is 10.1. The van der Waals surface area contributed by atoms with Gasteiger partial charge in [0.25, 0.3) is 5.91 Å². The summed E-state index contributed by atoms with van der Waals surface area (Å²) in [5.74, 6) is -0.645. The van der Waals surface area contributed by atoms with Gasteiger partial charge in [-0.15, -0.1) is 0 Å². The molecule has 23 heavy (non-hydrogen) atoms. The van der Waals surface area contributed by atoms with Gasteiger partial charge in [0.1, 0.15) is 5.82 Å². The number of rotatable bonds is 6. The zero-order chi connectivity index (χ0) is 16.8. The van der Waals surface area contributed by atoms with Gasteiger partial charge in [0.15, 0.2) is 11.4 Å². The van der Waals surface area contributed by atoms with Crippen LogP contribution in [-0.2, 0) is 0 Å². The highest BCUT2D eigenvalue weighted by Gasteiger charge is 2.18. The van der Waals surface area contributed by atoms with Crippen molar-refractivity contribution in [3.63, 3.8) is 0 Å². The molecule has 0 fully saturated rings. The van der Waals surface area contributed by atoms with E-state index in [0.717, 1.165) is 0 Å². The third kappa shape index (κ3) is 4.50. The zero-order valence-electron chi connectivity index (χ0n) is 13.0. The molecule has 0 spiro atoms. The Morgan fingerprint density at radius 3 is 2.74 bits per heavy atom. The molecule has 0 bridgehead atoms. The normalized spacial score (nSPS) is 12.0. The Kier molecular flexibility index (Phi) is 5.65. The number of carbonyl (C=O) groups excluding carboxylic acids is 1. The van der Waals surface area contributed by atoms with Crippen molar-refractivity contribution >= 4 is 5.91 Å². The number of nitrogens with one attached hydrogen (secondary N) is 1. The van der Waals surface area contributed by atoms with Gasteiger partial charge in [-0.05, 0) is 32.0 Å². The average molecular weight is 318 g/mol. The van der Waals surface area contributed by atoms with Crippen LogP contribution in [0, 0.1) is 5.82 Å². The largest absolute Gasteiger partial charge is 0.489 e. The lowest BCUT2D eigenvalue weighted by Crippen LogP contribution is -2.30. The monoisotopic (exact) mass is 318 g/mol. The first-order chi connectivity index (χ1) is 11.0. The average Bonchev–Trinajstić information content (AvgIpc) is 2.52. The van der Waals surface area contributed by atoms with Crippen LogP contribution in [0.3, 0.4) is 0 Å². The van der Waals surface area contributed by atoms with E-state index < -0.39 is 17.8 Å². The van der Waals surface area contributed by atoms with Gasteiger partial charge in [-0.2, -0.15) is 0 Å². The Hall–Kier alpha value is -2.47. The van der Waals surface area contributed by atoms with Crippen molar-refractivity contribution in [2.24, 2.45) is 0 Å². The number of aliphatic hydroxyl groups excluding tert-OH is 1. The van der Waals surface area contributed by atoms with E-state index in [4.69, 9.17) is 4.74 Å². The van der Waals surface area contributed by atoms with Crippen molar-refractivity contribution in [2.75, 3.05) is 6.54 Å². The van der Waals surface area contributed by atoms with Gasteiger partial charge in [-0.3, -0.25) is 4.79 Å². The fourth-order valence-corrected chi connectivity index (χ4v) is 2.04. The SMILES string of the molecule is CC(C)Oc1cccnc1C(=O)NCC(O)c1ccccc1F. The molecule has 0 radical (unpaired) electrons. The van der Waals surface area contributed by atoms with Gasteiger partial charge >= 0.3 is 0 Å². The maximum Gasteiger partial charge on any atom is 0.273 e. The first-order valence-corrected chi connectivity index (χ1v) is 7.31. The van der Waals surface area contributed by atoms with Crippen molar-refractivity contribution in [3.05, 3.63) is 59.7 Å². The summed E-state index contributed by atoms with van der Waals surface area (Å²) in [7, 11) is 0. The van der Waals surface area contributed by atoms with Crippen molar-refractivity contribution in [2.45, 2.75) is 26.1 Å². The minimum Gasteiger partial charge on any atom is -0.489 e. The molecule has 0 aliphatic heterocycles. The van der Waals surface area contributed by atoms with Crippen LogP contribution in [0.2, 0.25) is 0 Å². The molecule has 0 saturated carbocycles. The van der Waals surface area contributed by atoms with Crippen LogP contribution in [-0.4, -0.2) is 28.6 Å². The Labute approximate surface area is 134 Å². The molecule has 5 nitrogen and oxygen atoms in total. The van der Waals surface area contributed by atoms with E-state index in [0.29, 0.717) is 5.75 Å². The van der Waals surface area contributed by atoms with E-state index >= 15 is 0 Å². The Bertz CT molecular complexity index is 676. The van der Waals surface area contributed by atoms with Gasteiger partial charge in [-0.25, -0.2) is 9.37 Å². The summed E-state index contributed by atoms with van der Waals surface area (Å²) in [6, 6.07) is 9.20. The number of nitrogens with zero attached hydrogens (tertiary/aromatic N) is 1. The Balaban J connectivity index is 2.04. The second kappa shape index (κ2) is 7.69. The summed E-state index contributed by atoms with van der Waals surface area (Å²) < 4.78 is 19.1. The molecule has 2 aromatic rings. The molecule has 122 valence electrons. The third-order valence-electron chi connectivity index (χ3n) is 3.07. The number of benzene rings is 1. The first kappa shape index (κ1) is 16.9. The molecule has 1 unspecified atom stereocenters. The van der Waals surface area contributed by atoms with Crippen LogP contribution in [0.4, 0.5) is 4.39 Å². The lowest BCUT2D eigenvalue weighted by Gasteiger charge is -2.15. The quantitative estimate of drug-likeness (QED) is 0.858. The molecule has 0 aliphatic carbocycles. The molecule has 0 aliphatic rings. The third-order valence-corrected chi connectivity index (χ3v) is 3.07. The molecule has 0 saturated heterocycles. The molecule has 1 amide bonds. The summed E-state index contributed by atoms with van der Waals surface area (Å²) in [5, 5.41) is 12.5. The molecule has 6 heteroatoms. The molecule has 1 heterocycles. The minimum absolute atomic E-state index is 0.102. The van der Waals surface area contributed by atoms with Crippen molar-refractivity contribution in [1.29, 1.82) is 0 Å². The van der Waals surface area contributed by atoms with Crippen molar-refractivity contribution < 1.29 is 19.0 Å². The molecule has 2 N–H and O–H groups in total. The number of hydrogen-bond acceptors (Lipinski definition) is 4. The van der Waals surface area contributed by atoms with Crippen LogP contribution in [0.5, 0.6) is 5.75 Å². The number of hydrogen-bond donors (Lipinski definition) is 2. The smallest absolute Gasteiger partial charge is 0.273 e. The first-order valence-electron chi connectivity index (χ1n) is 7.31. The summed E-state index contributed by atoms with van der Waals surface area (Å²) in [5.41, 5.74) is 0.259. The lowest BCUT2D eigenvalue weighted by molar-refractivity contribution is 0.0902. The number of pyridine rings is 1. The van der Waals surface area contributed by atoms with Crippen LogP contribution >= 0.6 is 0 Å². The predicted molar refractivity (Wildman–Crippen MR) is 83.7 cm³/mol. The molecule has 1 aromatic carbocycles. The van der Waals surface area contributed by atoms with Gasteiger partial charge in [0, 0.05) is 18.3 Å². The fourth-order valence-electron chi connectivity index (χ4n) is 2.04. The van der Waals surface area contributed by atoms with E-state index in [2.05, 4.69) is 10.3 Å². The summed E-state index contributed by atoms with van der Waals surface area (Å²) in [4.78, 5) is 16.2. The second-order valence-electron chi connectivity index (χ2n) is 5.26. The number of carbonyl (C=O) groups is 1. The number of aromatic nitrogens is 1. The summed E-state index contributed by atoms with van der Waals surface area (Å²) >= 11 is 0. The van der Waals surface area contributed by atoms with Gasteiger partial charge < -0.3 is 15.2 Å².